The van der Waals surface area contributed by atoms with E-state index in [9.17, 15) is 3.52 Å². The molecule has 8 heavy (non-hydrogen) atoms. The molecule has 0 fully saturated rings. The number of rotatable bonds is 0. The second kappa shape index (κ2) is 8.10. The summed E-state index contributed by atoms with van der Waals surface area (Å²) in [6.07, 6.45) is 0. The molecule has 0 aromatic rings. The largest absolute Gasteiger partial charge is 0.472 e. The standard InChI is InChI=1S/2Al.FH.H3O4P.5H/c;;;1-5(2,3)4;;;;;/h;;1H;(H3,1,2,3,4);;;;;/q;+1;;;;;;;/p-1. The Morgan fingerprint density at radius 1 is 1.25 bits per heavy atom. The van der Waals surface area contributed by atoms with Crippen molar-refractivity contribution < 1.29 is 22.8 Å². The highest BCUT2D eigenvalue weighted by Crippen LogP contribution is 2.25. The summed E-state index contributed by atoms with van der Waals surface area (Å²) in [6.45, 7) is 0. The number of phosphoric acid groups is 1. The van der Waals surface area contributed by atoms with Crippen molar-refractivity contribution in [2.24, 2.45) is 0 Å². The van der Waals surface area contributed by atoms with Crippen molar-refractivity contribution in [3.05, 3.63) is 0 Å². The molecule has 0 aliphatic rings. The van der Waals surface area contributed by atoms with Crippen molar-refractivity contribution >= 4 is 41.9 Å². The van der Waals surface area contributed by atoms with Gasteiger partial charge in [-0.1, -0.05) is 0 Å². The smallest absolute Gasteiger partial charge is 0.430 e. The topological polar surface area (TPSA) is 77.8 Å². The third-order valence-corrected chi connectivity index (χ3v) is 0. The van der Waals surface area contributed by atoms with Crippen molar-refractivity contribution in [1.82, 2.24) is 0 Å². The van der Waals surface area contributed by atoms with Gasteiger partial charge in [0.2, 0.25) is 0 Å². The van der Waals surface area contributed by atoms with Crippen LogP contribution in [0.4, 0.5) is 3.52 Å². The van der Waals surface area contributed by atoms with Gasteiger partial charge in [-0.3, -0.25) is 0 Å². The van der Waals surface area contributed by atoms with E-state index in [1.165, 1.54) is 0 Å². The van der Waals surface area contributed by atoms with Gasteiger partial charge in [0.15, 0.2) is 17.4 Å². The van der Waals surface area contributed by atoms with E-state index in [4.69, 9.17) is 19.2 Å². The molecule has 0 atom stereocenters. The summed E-state index contributed by atoms with van der Waals surface area (Å²) in [7, 11) is -4.64. The molecule has 0 aliphatic carbocycles. The molecule has 50 valence electrons. The molecule has 0 rings (SSSR count). The lowest BCUT2D eigenvalue weighted by atomic mass is 15.8. The molecule has 0 bridgehead atoms. The maximum absolute atomic E-state index is 9.64. The minimum atomic E-state index is -4.64. The fraction of sp³-hybridized carbons (Fsp3) is 0. The van der Waals surface area contributed by atoms with Crippen LogP contribution in [0.15, 0.2) is 0 Å². The number of halogens is 1. The lowest BCUT2D eigenvalue weighted by Crippen LogP contribution is -1.66. The van der Waals surface area contributed by atoms with Crippen molar-refractivity contribution in [3.63, 3.8) is 0 Å². The van der Waals surface area contributed by atoms with E-state index < -0.39 is 7.82 Å². The Morgan fingerprint density at radius 3 is 1.25 bits per heavy atom. The maximum Gasteiger partial charge on any atom is 0.472 e. The Morgan fingerprint density at radius 2 is 1.25 bits per heavy atom. The maximum atomic E-state index is 9.64. The third-order valence-electron chi connectivity index (χ3n) is 0. The molecule has 0 radical (unpaired) electrons. The van der Waals surface area contributed by atoms with Gasteiger partial charge in [0.1, 0.15) is 0 Å². The van der Waals surface area contributed by atoms with Crippen LogP contribution in [0.3, 0.4) is 0 Å². The normalized spacial score (nSPS) is 8.00. The minimum Gasteiger partial charge on any atom is -0.430 e. The second-order valence-corrected chi connectivity index (χ2v) is 1.54. The van der Waals surface area contributed by atoms with Gasteiger partial charge in [0, 0.05) is 0 Å². The molecule has 0 aromatic carbocycles. The fourth-order valence-electron chi connectivity index (χ4n) is 0. The second-order valence-electron chi connectivity index (χ2n) is 0.513. The molecule has 0 aliphatic heterocycles. The summed E-state index contributed by atoms with van der Waals surface area (Å²) in [5.74, 6) is 0. The zero-order valence-corrected chi connectivity index (χ0v) is 6.47. The van der Waals surface area contributed by atoms with Crippen LogP contribution in [0.2, 0.25) is 0 Å². The lowest BCUT2D eigenvalue weighted by Gasteiger charge is -1.82. The summed E-state index contributed by atoms with van der Waals surface area (Å²) in [4.78, 5) is 21.6. The minimum absolute atomic E-state index is 0. The average Bonchev–Trinajstić information content (AvgIpc) is 1.36. The summed E-state index contributed by atoms with van der Waals surface area (Å²) in [5, 5.41) is 0. The molecular weight excluding hydrogens is 168 g/mol. The van der Waals surface area contributed by atoms with Crippen LogP contribution in [0.1, 0.15) is 0 Å². The van der Waals surface area contributed by atoms with E-state index in [1.807, 2.05) is 0 Å². The van der Waals surface area contributed by atoms with Crippen molar-refractivity contribution in [2.45, 2.75) is 0 Å². The zero-order chi connectivity index (χ0) is 6.50. The van der Waals surface area contributed by atoms with Crippen molar-refractivity contribution in [3.8, 4) is 0 Å². The highest BCUT2D eigenvalue weighted by atomic mass is 31.2. The molecule has 0 amide bonds. The summed E-state index contributed by atoms with van der Waals surface area (Å²) < 4.78 is 18.5. The predicted molar refractivity (Wildman–Crippen MR) is 33.9 cm³/mol. The fourth-order valence-corrected chi connectivity index (χ4v) is 0. The molecule has 0 heterocycles. The summed E-state index contributed by atoms with van der Waals surface area (Å²) in [5.41, 5.74) is 0. The molecule has 3 N–H and O–H groups in total. The van der Waals surface area contributed by atoms with Crippen LogP contribution >= 0.6 is 7.82 Å². The van der Waals surface area contributed by atoms with Gasteiger partial charge < -0.3 is 18.2 Å². The monoisotopic (exact) mass is 176 g/mol. The molecule has 0 unspecified atom stereocenters. The van der Waals surface area contributed by atoms with E-state index in [1.54, 1.807) is 0 Å². The van der Waals surface area contributed by atoms with Gasteiger partial charge >= 0.3 is 24.6 Å². The Kier molecular flexibility index (Phi) is 16.3. The SMILES string of the molecule is O=P(O)(O)O.[AlH3].[F][AlH2]. The predicted octanol–water partition coefficient (Wildman–Crippen LogP) is -2.61. The van der Waals surface area contributed by atoms with Gasteiger partial charge in [0.05, 0.1) is 0 Å². The Hall–Kier alpha value is 1.10. The molecule has 0 saturated heterocycles. The van der Waals surface area contributed by atoms with Crippen LogP contribution in [-0.2, 0) is 4.57 Å². The number of hydrogen-bond donors (Lipinski definition) is 3. The molecular formula is H8Al2FO4P. The van der Waals surface area contributed by atoms with E-state index >= 15 is 0 Å². The van der Waals surface area contributed by atoms with E-state index in [2.05, 4.69) is 0 Å². The van der Waals surface area contributed by atoms with E-state index in [-0.39, 0.29) is 34.1 Å². The van der Waals surface area contributed by atoms with Crippen LogP contribution in [0.25, 0.3) is 0 Å². The molecule has 0 saturated carbocycles. The highest BCUT2D eigenvalue weighted by Gasteiger charge is 2.00. The van der Waals surface area contributed by atoms with Crippen LogP contribution in [0.5, 0.6) is 0 Å². The zero-order valence-electron chi connectivity index (χ0n) is 3.58. The summed E-state index contributed by atoms with van der Waals surface area (Å²) >= 11 is -0.194. The first kappa shape index (κ1) is 16.0. The molecule has 4 nitrogen and oxygen atoms in total. The van der Waals surface area contributed by atoms with Gasteiger partial charge in [-0.15, -0.1) is 0 Å². The Bertz CT molecular complexity index is 60.2. The van der Waals surface area contributed by atoms with E-state index in [0.29, 0.717) is 0 Å². The summed E-state index contributed by atoms with van der Waals surface area (Å²) in [6, 6.07) is 0. The Balaban J connectivity index is -0.0000000750. The van der Waals surface area contributed by atoms with Gasteiger partial charge in [0.25, 0.3) is 0 Å². The lowest BCUT2D eigenvalue weighted by molar-refractivity contribution is 0.275. The van der Waals surface area contributed by atoms with E-state index in [0.717, 1.165) is 0 Å². The number of hydrogen-bond acceptors (Lipinski definition) is 1. The third kappa shape index (κ3) is 217. The Labute approximate surface area is 65.0 Å². The van der Waals surface area contributed by atoms with Gasteiger partial charge in [-0.25, -0.2) is 4.57 Å². The average molecular weight is 176 g/mol. The van der Waals surface area contributed by atoms with Gasteiger partial charge in [-0.2, -0.15) is 0 Å². The van der Waals surface area contributed by atoms with Gasteiger partial charge in [-0.05, 0) is 0 Å². The van der Waals surface area contributed by atoms with Crippen LogP contribution in [-0.4, -0.2) is 48.8 Å². The molecule has 0 aromatic heterocycles. The first-order valence-electron chi connectivity index (χ1n) is 1.16. The van der Waals surface area contributed by atoms with Crippen LogP contribution < -0.4 is 0 Å². The first-order chi connectivity index (χ1) is 3.00. The molecule has 8 heteroatoms. The van der Waals surface area contributed by atoms with Crippen molar-refractivity contribution in [1.29, 1.82) is 0 Å². The first-order valence-corrected chi connectivity index (χ1v) is 3.48. The van der Waals surface area contributed by atoms with Crippen molar-refractivity contribution in [2.75, 3.05) is 0 Å². The highest BCUT2D eigenvalue weighted by molar-refractivity contribution is 7.45. The molecule has 0 spiro atoms. The quantitative estimate of drug-likeness (QED) is 0.279. The van der Waals surface area contributed by atoms with Crippen LogP contribution in [0, 0.1) is 0 Å².